The number of carbonyl (C=O) groups is 1. The van der Waals surface area contributed by atoms with Crippen molar-refractivity contribution in [3.8, 4) is 0 Å². The fourth-order valence-corrected chi connectivity index (χ4v) is 3.14. The van der Waals surface area contributed by atoms with Crippen LogP contribution in [0, 0.1) is 0 Å². The van der Waals surface area contributed by atoms with E-state index in [-0.39, 0.29) is 11.9 Å². The molecule has 4 rings (SSSR count). The standard InChI is InChI=1S/C16H15N3O2/c1-2-21-16(20)10-7-8-12-13-14(10)17-11-6-4-3-5-9(11)15(13)19-18-12/h3-6,10H,2,7-8H2,1H3,(H,18,19). The molecule has 2 heterocycles. The number of nitrogens with zero attached hydrogens (tertiary/aromatic N) is 2. The summed E-state index contributed by atoms with van der Waals surface area (Å²) in [5.41, 5.74) is 3.64. The highest BCUT2D eigenvalue weighted by molar-refractivity contribution is 6.06. The molecular formula is C16H15N3O2. The van der Waals surface area contributed by atoms with Gasteiger partial charge in [0.25, 0.3) is 0 Å². The minimum absolute atomic E-state index is 0.187. The smallest absolute Gasteiger partial charge is 0.315 e. The number of hydrogen-bond donors (Lipinski definition) is 1. The quantitative estimate of drug-likeness (QED) is 0.733. The van der Waals surface area contributed by atoms with Crippen molar-refractivity contribution in [1.29, 1.82) is 0 Å². The second kappa shape index (κ2) is 4.55. The van der Waals surface area contributed by atoms with Crippen molar-refractivity contribution in [2.75, 3.05) is 6.61 Å². The van der Waals surface area contributed by atoms with E-state index in [0.717, 1.165) is 39.6 Å². The third-order valence-corrected chi connectivity index (χ3v) is 4.08. The molecule has 5 heteroatoms. The number of esters is 1. The summed E-state index contributed by atoms with van der Waals surface area (Å²) in [4.78, 5) is 16.9. The van der Waals surface area contributed by atoms with Gasteiger partial charge in [-0.25, -0.2) is 0 Å². The zero-order chi connectivity index (χ0) is 14.4. The summed E-state index contributed by atoms with van der Waals surface area (Å²) >= 11 is 0. The summed E-state index contributed by atoms with van der Waals surface area (Å²) in [5, 5.41) is 9.55. The lowest BCUT2D eigenvalue weighted by Gasteiger charge is -2.20. The van der Waals surface area contributed by atoms with Gasteiger partial charge in [-0.3, -0.25) is 14.9 Å². The summed E-state index contributed by atoms with van der Waals surface area (Å²) < 4.78 is 5.21. The number of pyridine rings is 1. The number of carbonyl (C=O) groups excluding carboxylic acids is 1. The van der Waals surface area contributed by atoms with E-state index in [2.05, 4.69) is 10.2 Å². The number of rotatable bonds is 2. The lowest BCUT2D eigenvalue weighted by Crippen LogP contribution is -2.21. The molecule has 0 bridgehead atoms. The topological polar surface area (TPSA) is 67.9 Å². The summed E-state index contributed by atoms with van der Waals surface area (Å²) in [7, 11) is 0. The predicted octanol–water partition coefficient (Wildman–Crippen LogP) is 2.70. The maximum absolute atomic E-state index is 12.2. The molecule has 2 aromatic heterocycles. The SMILES string of the molecule is CCOC(=O)C1CCc2[nH]nc3c2c1nc1ccccc13. The molecule has 0 saturated carbocycles. The average molecular weight is 281 g/mol. The van der Waals surface area contributed by atoms with Crippen molar-refractivity contribution in [1.82, 2.24) is 15.2 Å². The van der Waals surface area contributed by atoms with Gasteiger partial charge in [-0.1, -0.05) is 18.2 Å². The minimum Gasteiger partial charge on any atom is -0.465 e. The average Bonchev–Trinajstić information content (AvgIpc) is 2.93. The molecule has 1 atom stereocenters. The molecule has 21 heavy (non-hydrogen) atoms. The first-order valence-corrected chi connectivity index (χ1v) is 7.21. The second-order valence-electron chi connectivity index (χ2n) is 5.28. The molecule has 5 nitrogen and oxygen atoms in total. The van der Waals surface area contributed by atoms with Gasteiger partial charge in [-0.05, 0) is 25.8 Å². The van der Waals surface area contributed by atoms with Gasteiger partial charge in [0.05, 0.1) is 17.8 Å². The summed E-state index contributed by atoms with van der Waals surface area (Å²) in [5.74, 6) is -0.476. The normalized spacial score (nSPS) is 17.3. The monoisotopic (exact) mass is 281 g/mol. The van der Waals surface area contributed by atoms with E-state index < -0.39 is 0 Å². The molecule has 0 radical (unpaired) electrons. The maximum Gasteiger partial charge on any atom is 0.315 e. The number of para-hydroxylation sites is 1. The van der Waals surface area contributed by atoms with Crippen molar-refractivity contribution < 1.29 is 9.53 Å². The van der Waals surface area contributed by atoms with Crippen LogP contribution in [0.5, 0.6) is 0 Å². The largest absolute Gasteiger partial charge is 0.465 e. The van der Waals surface area contributed by atoms with Gasteiger partial charge >= 0.3 is 5.97 Å². The van der Waals surface area contributed by atoms with Crippen LogP contribution in [-0.4, -0.2) is 27.8 Å². The summed E-state index contributed by atoms with van der Waals surface area (Å²) in [6.45, 7) is 2.22. The van der Waals surface area contributed by atoms with Crippen LogP contribution in [0.25, 0.3) is 21.8 Å². The van der Waals surface area contributed by atoms with Crippen molar-refractivity contribution in [2.45, 2.75) is 25.7 Å². The highest BCUT2D eigenvalue weighted by Gasteiger charge is 2.32. The number of aromatic amines is 1. The van der Waals surface area contributed by atoms with Crippen molar-refractivity contribution >= 4 is 27.8 Å². The van der Waals surface area contributed by atoms with Crippen LogP contribution in [-0.2, 0) is 16.0 Å². The molecule has 1 aromatic carbocycles. The third kappa shape index (κ3) is 1.73. The predicted molar refractivity (Wildman–Crippen MR) is 79.1 cm³/mol. The molecule has 0 spiro atoms. The first kappa shape index (κ1) is 12.3. The molecule has 1 unspecified atom stereocenters. The van der Waals surface area contributed by atoms with Crippen LogP contribution in [0.4, 0.5) is 0 Å². The Morgan fingerprint density at radius 1 is 1.43 bits per heavy atom. The fraction of sp³-hybridized carbons (Fsp3) is 0.312. The first-order chi connectivity index (χ1) is 10.3. The molecule has 0 saturated heterocycles. The molecule has 1 aliphatic carbocycles. The Balaban J connectivity index is 2.01. The fourth-order valence-electron chi connectivity index (χ4n) is 3.14. The van der Waals surface area contributed by atoms with Gasteiger partial charge in [0, 0.05) is 16.5 Å². The Kier molecular flexibility index (Phi) is 2.67. The molecule has 1 N–H and O–H groups in total. The van der Waals surface area contributed by atoms with Gasteiger partial charge < -0.3 is 4.74 Å². The molecule has 0 aliphatic heterocycles. The van der Waals surface area contributed by atoms with Crippen LogP contribution in [0.15, 0.2) is 24.3 Å². The Labute approximate surface area is 121 Å². The molecule has 0 amide bonds. The van der Waals surface area contributed by atoms with E-state index in [0.29, 0.717) is 13.0 Å². The third-order valence-electron chi connectivity index (χ3n) is 4.08. The molecule has 106 valence electrons. The van der Waals surface area contributed by atoms with E-state index in [1.54, 1.807) is 0 Å². The van der Waals surface area contributed by atoms with Crippen molar-refractivity contribution in [3.63, 3.8) is 0 Å². The lowest BCUT2D eigenvalue weighted by molar-refractivity contribution is -0.145. The van der Waals surface area contributed by atoms with E-state index in [9.17, 15) is 4.79 Å². The van der Waals surface area contributed by atoms with E-state index in [1.807, 2.05) is 31.2 Å². The number of aromatic nitrogens is 3. The zero-order valence-corrected chi connectivity index (χ0v) is 11.7. The number of ether oxygens (including phenoxy) is 1. The van der Waals surface area contributed by atoms with Crippen LogP contribution < -0.4 is 0 Å². The highest BCUT2D eigenvalue weighted by Crippen LogP contribution is 2.37. The zero-order valence-electron chi connectivity index (χ0n) is 11.7. The van der Waals surface area contributed by atoms with Gasteiger partial charge in [0.1, 0.15) is 11.4 Å². The van der Waals surface area contributed by atoms with Crippen LogP contribution >= 0.6 is 0 Å². The second-order valence-corrected chi connectivity index (χ2v) is 5.28. The number of fused-ring (bicyclic) bond motifs is 2. The molecule has 3 aromatic rings. The Bertz CT molecular complexity index is 853. The van der Waals surface area contributed by atoms with E-state index in [4.69, 9.17) is 9.72 Å². The molecule has 1 aliphatic rings. The van der Waals surface area contributed by atoms with Gasteiger partial charge in [0.15, 0.2) is 0 Å². The number of hydrogen-bond acceptors (Lipinski definition) is 4. The van der Waals surface area contributed by atoms with E-state index in [1.165, 1.54) is 0 Å². The number of H-pyrrole nitrogens is 1. The summed E-state index contributed by atoms with van der Waals surface area (Å²) in [6.07, 6.45) is 1.52. The minimum atomic E-state index is -0.290. The maximum atomic E-state index is 12.2. The molecule has 0 fully saturated rings. The number of nitrogens with one attached hydrogen (secondary N) is 1. The summed E-state index contributed by atoms with van der Waals surface area (Å²) in [6, 6.07) is 7.90. The van der Waals surface area contributed by atoms with Gasteiger partial charge in [-0.15, -0.1) is 0 Å². The lowest BCUT2D eigenvalue weighted by atomic mass is 9.88. The number of benzene rings is 1. The van der Waals surface area contributed by atoms with Crippen LogP contribution in [0.3, 0.4) is 0 Å². The van der Waals surface area contributed by atoms with Gasteiger partial charge in [-0.2, -0.15) is 5.10 Å². The first-order valence-electron chi connectivity index (χ1n) is 7.21. The molecular weight excluding hydrogens is 266 g/mol. The van der Waals surface area contributed by atoms with Crippen LogP contribution in [0.1, 0.15) is 30.7 Å². The van der Waals surface area contributed by atoms with Gasteiger partial charge in [0.2, 0.25) is 0 Å². The Hall–Kier alpha value is -2.43. The highest BCUT2D eigenvalue weighted by atomic mass is 16.5. The Morgan fingerprint density at radius 2 is 2.29 bits per heavy atom. The van der Waals surface area contributed by atoms with Crippen LogP contribution in [0.2, 0.25) is 0 Å². The number of aryl methyl sites for hydroxylation is 1. The Morgan fingerprint density at radius 3 is 3.14 bits per heavy atom. The van der Waals surface area contributed by atoms with Crippen molar-refractivity contribution in [3.05, 3.63) is 35.7 Å². The van der Waals surface area contributed by atoms with Crippen molar-refractivity contribution in [2.24, 2.45) is 0 Å². The van der Waals surface area contributed by atoms with E-state index >= 15 is 0 Å².